The van der Waals surface area contributed by atoms with E-state index in [1.807, 2.05) is 32.9 Å². The lowest BCUT2D eigenvalue weighted by Gasteiger charge is -2.30. The van der Waals surface area contributed by atoms with Gasteiger partial charge in [-0.25, -0.2) is 0 Å². The van der Waals surface area contributed by atoms with E-state index in [0.717, 1.165) is 43.5 Å². The van der Waals surface area contributed by atoms with Crippen LogP contribution in [0.4, 0.5) is 5.69 Å². The first-order valence-electron chi connectivity index (χ1n) is 10.4. The molecule has 0 radical (unpaired) electrons. The Morgan fingerprint density at radius 1 is 1.30 bits per heavy atom. The molecule has 6 nitrogen and oxygen atoms in total. The number of rotatable bonds is 8. The van der Waals surface area contributed by atoms with E-state index >= 15 is 0 Å². The number of hydrogen-bond acceptors (Lipinski definition) is 3. The van der Waals surface area contributed by atoms with Crippen molar-refractivity contribution in [3.8, 4) is 0 Å². The van der Waals surface area contributed by atoms with E-state index in [0.29, 0.717) is 23.3 Å². The smallest absolute Gasteiger partial charge is 0.226 e. The molecule has 30 heavy (non-hydrogen) atoms. The molecule has 0 aliphatic heterocycles. The largest absolute Gasteiger partial charge is 0.357 e. The van der Waals surface area contributed by atoms with Crippen LogP contribution in [0.2, 0.25) is 5.02 Å². The van der Waals surface area contributed by atoms with Crippen LogP contribution in [0.25, 0.3) is 0 Å². The molecule has 1 fully saturated rings. The van der Waals surface area contributed by atoms with E-state index in [1.165, 1.54) is 0 Å². The first kappa shape index (κ1) is 27.2. The van der Waals surface area contributed by atoms with Gasteiger partial charge >= 0.3 is 0 Å². The Labute approximate surface area is 204 Å². The number of hydrogen-bond donors (Lipinski definition) is 3. The standard InChI is InChI=1S/C21H33ClN4O2S.HI/c1-4-23-21(25-16-8-6-9-17(14-16)29(28)5-2)24-13-12-20(27)26-19-11-7-10-18(22)15(19)3;/h7,10-11,16-17H,4-6,8-9,12-14H2,1-3H3,(H,26,27)(H2,23,24,25);1H. The Hall–Kier alpha value is -0.870. The second-order valence-corrected chi connectivity index (χ2v) is 9.68. The summed E-state index contributed by atoms with van der Waals surface area (Å²) in [6, 6.07) is 5.73. The summed E-state index contributed by atoms with van der Waals surface area (Å²) in [5, 5.41) is 10.5. The molecular weight excluding hydrogens is 535 g/mol. The number of aliphatic imine (C=N–C) groups is 1. The van der Waals surface area contributed by atoms with Crippen molar-refractivity contribution in [2.75, 3.05) is 24.2 Å². The van der Waals surface area contributed by atoms with Gasteiger partial charge in [-0.05, 0) is 50.8 Å². The summed E-state index contributed by atoms with van der Waals surface area (Å²) in [6.07, 6.45) is 4.36. The van der Waals surface area contributed by atoms with Gasteiger partial charge in [-0.2, -0.15) is 0 Å². The maximum absolute atomic E-state index is 12.3. The molecule has 1 aliphatic carbocycles. The Morgan fingerprint density at radius 3 is 2.77 bits per heavy atom. The van der Waals surface area contributed by atoms with Gasteiger partial charge in [0.05, 0.1) is 6.54 Å². The highest BCUT2D eigenvalue weighted by Crippen LogP contribution is 2.24. The van der Waals surface area contributed by atoms with Gasteiger partial charge in [-0.3, -0.25) is 14.0 Å². The summed E-state index contributed by atoms with van der Waals surface area (Å²) >= 11 is 6.10. The number of nitrogens with one attached hydrogen (secondary N) is 3. The van der Waals surface area contributed by atoms with Crippen molar-refractivity contribution in [2.24, 2.45) is 4.99 Å². The number of carbonyl (C=O) groups is 1. The van der Waals surface area contributed by atoms with Gasteiger partial charge in [0, 0.05) is 51.5 Å². The van der Waals surface area contributed by atoms with Gasteiger partial charge in [-0.15, -0.1) is 24.0 Å². The van der Waals surface area contributed by atoms with E-state index in [4.69, 9.17) is 11.6 Å². The molecule has 0 bridgehead atoms. The highest BCUT2D eigenvalue weighted by atomic mass is 127. The van der Waals surface area contributed by atoms with Crippen LogP contribution in [0.15, 0.2) is 23.2 Å². The number of amides is 1. The maximum Gasteiger partial charge on any atom is 0.226 e. The van der Waals surface area contributed by atoms with Crippen LogP contribution in [-0.2, 0) is 15.6 Å². The van der Waals surface area contributed by atoms with E-state index in [-0.39, 0.29) is 47.6 Å². The zero-order valence-electron chi connectivity index (χ0n) is 18.0. The topological polar surface area (TPSA) is 82.6 Å². The number of carbonyl (C=O) groups excluding carboxylic acids is 1. The van der Waals surface area contributed by atoms with Crippen molar-refractivity contribution >= 4 is 63.9 Å². The van der Waals surface area contributed by atoms with Crippen molar-refractivity contribution in [3.05, 3.63) is 28.8 Å². The lowest BCUT2D eigenvalue weighted by atomic mass is 9.95. The van der Waals surface area contributed by atoms with E-state index in [9.17, 15) is 9.00 Å². The molecule has 1 saturated carbocycles. The van der Waals surface area contributed by atoms with Crippen LogP contribution in [0.3, 0.4) is 0 Å². The molecule has 3 atom stereocenters. The summed E-state index contributed by atoms with van der Waals surface area (Å²) in [5.74, 6) is 1.34. The van der Waals surface area contributed by atoms with Gasteiger partial charge in [0.15, 0.2) is 5.96 Å². The molecular formula is C21H34ClIN4O2S. The number of benzene rings is 1. The minimum atomic E-state index is -0.750. The molecule has 3 unspecified atom stereocenters. The zero-order valence-corrected chi connectivity index (χ0v) is 21.9. The normalized spacial score (nSPS) is 20.1. The Kier molecular flexibility index (Phi) is 12.9. The summed E-state index contributed by atoms with van der Waals surface area (Å²) in [5.41, 5.74) is 1.59. The fraction of sp³-hybridized carbons (Fsp3) is 0.619. The minimum absolute atomic E-state index is 0. The third-order valence-corrected chi connectivity index (χ3v) is 7.27. The average Bonchev–Trinajstić information content (AvgIpc) is 2.71. The van der Waals surface area contributed by atoms with Gasteiger partial charge in [0.2, 0.25) is 5.91 Å². The predicted molar refractivity (Wildman–Crippen MR) is 139 cm³/mol. The molecule has 1 aromatic carbocycles. The fourth-order valence-electron chi connectivity index (χ4n) is 3.49. The molecule has 1 aliphatic rings. The van der Waals surface area contributed by atoms with E-state index < -0.39 is 10.8 Å². The molecule has 2 rings (SSSR count). The molecule has 0 saturated heterocycles. The summed E-state index contributed by atoms with van der Waals surface area (Å²) in [6.45, 7) is 7.01. The fourth-order valence-corrected chi connectivity index (χ4v) is 5.01. The quantitative estimate of drug-likeness (QED) is 0.249. The number of guanidine groups is 1. The number of anilines is 1. The van der Waals surface area contributed by atoms with Crippen LogP contribution in [0.5, 0.6) is 0 Å². The van der Waals surface area contributed by atoms with Crippen molar-refractivity contribution in [1.29, 1.82) is 0 Å². The van der Waals surface area contributed by atoms with Crippen LogP contribution in [-0.4, -0.2) is 46.2 Å². The molecule has 170 valence electrons. The Balaban J connectivity index is 0.00000450. The summed E-state index contributed by atoms with van der Waals surface area (Å²) < 4.78 is 12.2. The maximum atomic E-state index is 12.3. The monoisotopic (exact) mass is 568 g/mol. The van der Waals surface area contributed by atoms with Crippen molar-refractivity contribution in [1.82, 2.24) is 10.6 Å². The summed E-state index contributed by atoms with van der Waals surface area (Å²) in [4.78, 5) is 16.8. The van der Waals surface area contributed by atoms with Crippen LogP contribution in [0.1, 0.15) is 51.5 Å². The van der Waals surface area contributed by atoms with E-state index in [2.05, 4.69) is 20.9 Å². The number of nitrogens with zero attached hydrogens (tertiary/aromatic N) is 1. The first-order valence-corrected chi connectivity index (χ1v) is 12.2. The Bertz CT molecular complexity index is 748. The SMILES string of the molecule is CCNC(=NCCC(=O)Nc1cccc(Cl)c1C)NC1CCCC(S(=O)CC)C1.I. The van der Waals surface area contributed by atoms with Gasteiger partial charge < -0.3 is 16.0 Å². The molecule has 9 heteroatoms. The molecule has 1 amide bonds. The van der Waals surface area contributed by atoms with E-state index in [1.54, 1.807) is 6.07 Å². The highest BCUT2D eigenvalue weighted by Gasteiger charge is 2.26. The number of halogens is 2. The van der Waals surface area contributed by atoms with Crippen molar-refractivity contribution in [2.45, 2.75) is 64.2 Å². The second kappa shape index (κ2) is 14.2. The molecule has 0 aromatic heterocycles. The van der Waals surface area contributed by atoms with Gasteiger partial charge in [0.25, 0.3) is 0 Å². The second-order valence-electron chi connectivity index (χ2n) is 7.27. The molecule has 0 spiro atoms. The Morgan fingerprint density at radius 2 is 2.07 bits per heavy atom. The van der Waals surface area contributed by atoms with Crippen LogP contribution < -0.4 is 16.0 Å². The minimum Gasteiger partial charge on any atom is -0.357 e. The first-order chi connectivity index (χ1) is 13.9. The van der Waals surface area contributed by atoms with Crippen LogP contribution >= 0.6 is 35.6 Å². The van der Waals surface area contributed by atoms with Gasteiger partial charge in [0.1, 0.15) is 0 Å². The highest BCUT2D eigenvalue weighted by molar-refractivity contribution is 14.0. The van der Waals surface area contributed by atoms with Gasteiger partial charge in [-0.1, -0.05) is 31.0 Å². The zero-order chi connectivity index (χ0) is 21.2. The average molecular weight is 569 g/mol. The predicted octanol–water partition coefficient (Wildman–Crippen LogP) is 4.23. The van der Waals surface area contributed by atoms with Crippen LogP contribution in [0, 0.1) is 6.92 Å². The molecule has 0 heterocycles. The lowest BCUT2D eigenvalue weighted by Crippen LogP contribution is -2.46. The van der Waals surface area contributed by atoms with Crippen molar-refractivity contribution < 1.29 is 9.00 Å². The molecule has 3 N–H and O–H groups in total. The van der Waals surface area contributed by atoms with Crippen molar-refractivity contribution in [3.63, 3.8) is 0 Å². The molecule has 1 aromatic rings. The third kappa shape index (κ3) is 8.70. The third-order valence-electron chi connectivity index (χ3n) is 5.12. The summed E-state index contributed by atoms with van der Waals surface area (Å²) in [7, 11) is -0.750. The lowest BCUT2D eigenvalue weighted by molar-refractivity contribution is -0.116.